The second kappa shape index (κ2) is 2.30. The van der Waals surface area contributed by atoms with Crippen molar-refractivity contribution in [1.82, 2.24) is 14.8 Å². The first-order valence-corrected chi connectivity index (χ1v) is 3.47. The van der Waals surface area contributed by atoms with E-state index in [1.165, 1.54) is 6.20 Å². The number of allylic oxidation sites excluding steroid dienone is 1. The summed E-state index contributed by atoms with van der Waals surface area (Å²) in [5, 5.41) is 7.37. The van der Waals surface area contributed by atoms with Crippen molar-refractivity contribution in [2.24, 2.45) is 0 Å². The van der Waals surface area contributed by atoms with Crippen molar-refractivity contribution in [1.29, 1.82) is 0 Å². The van der Waals surface area contributed by atoms with E-state index in [4.69, 9.17) is 0 Å². The van der Waals surface area contributed by atoms with Crippen LogP contribution in [0.25, 0.3) is 6.08 Å². The third-order valence-corrected chi connectivity index (χ3v) is 1.66. The molecular weight excluding hydrogens is 142 g/mol. The van der Waals surface area contributed by atoms with Crippen molar-refractivity contribution in [2.75, 3.05) is 0 Å². The summed E-state index contributed by atoms with van der Waals surface area (Å²) in [6, 6.07) is 0. The molecule has 56 valence electrons. The van der Waals surface area contributed by atoms with Crippen LogP contribution < -0.4 is 5.56 Å². The molecule has 1 aromatic heterocycles. The number of rotatable bonds is 0. The van der Waals surface area contributed by atoms with Gasteiger partial charge >= 0.3 is 0 Å². The zero-order valence-electron chi connectivity index (χ0n) is 5.90. The first-order valence-electron chi connectivity index (χ1n) is 3.47. The summed E-state index contributed by atoms with van der Waals surface area (Å²) in [6.45, 7) is 0.722. The Hall–Kier alpha value is -1.45. The van der Waals surface area contributed by atoms with Gasteiger partial charge in [0.25, 0.3) is 5.56 Å². The summed E-state index contributed by atoms with van der Waals surface area (Å²) in [6.07, 6.45) is 5.95. The number of hydrogen-bond acceptors (Lipinski definition) is 3. The van der Waals surface area contributed by atoms with Crippen LogP contribution in [0.4, 0.5) is 0 Å². The standard InChI is InChI=1S/C7H7N3O/c11-7-5-8-9-6-3-1-2-4-10(6)7/h1,3,5H,2,4H2. The van der Waals surface area contributed by atoms with E-state index in [0.717, 1.165) is 13.0 Å². The molecule has 0 saturated heterocycles. The maximum Gasteiger partial charge on any atom is 0.272 e. The molecule has 0 aliphatic carbocycles. The Morgan fingerprint density at radius 2 is 2.45 bits per heavy atom. The van der Waals surface area contributed by atoms with Gasteiger partial charge in [-0.25, -0.2) is 0 Å². The fourth-order valence-corrected chi connectivity index (χ4v) is 1.11. The molecule has 0 saturated carbocycles. The van der Waals surface area contributed by atoms with E-state index in [2.05, 4.69) is 10.2 Å². The molecule has 0 aromatic carbocycles. The Morgan fingerprint density at radius 1 is 1.55 bits per heavy atom. The first-order chi connectivity index (χ1) is 5.38. The van der Waals surface area contributed by atoms with Gasteiger partial charge in [0.15, 0.2) is 5.82 Å². The van der Waals surface area contributed by atoms with Crippen LogP contribution in [0.3, 0.4) is 0 Å². The van der Waals surface area contributed by atoms with E-state index in [1.807, 2.05) is 12.2 Å². The van der Waals surface area contributed by atoms with Crippen LogP contribution in [0.15, 0.2) is 17.1 Å². The highest BCUT2D eigenvalue weighted by Crippen LogP contribution is 2.03. The molecule has 0 unspecified atom stereocenters. The van der Waals surface area contributed by atoms with Crippen molar-refractivity contribution in [2.45, 2.75) is 13.0 Å². The van der Waals surface area contributed by atoms with Crippen LogP contribution >= 0.6 is 0 Å². The van der Waals surface area contributed by atoms with Gasteiger partial charge in [-0.05, 0) is 12.5 Å². The molecule has 0 radical (unpaired) electrons. The molecule has 11 heavy (non-hydrogen) atoms. The lowest BCUT2D eigenvalue weighted by molar-refractivity contribution is 0.626. The Kier molecular flexibility index (Phi) is 1.31. The predicted molar refractivity (Wildman–Crippen MR) is 39.9 cm³/mol. The van der Waals surface area contributed by atoms with Crippen molar-refractivity contribution < 1.29 is 0 Å². The summed E-state index contributed by atoms with van der Waals surface area (Å²) in [4.78, 5) is 11.1. The molecule has 4 heteroatoms. The van der Waals surface area contributed by atoms with Gasteiger partial charge in [0.2, 0.25) is 0 Å². The Balaban J connectivity index is 2.69. The molecule has 1 aromatic rings. The second-order valence-corrected chi connectivity index (χ2v) is 2.38. The Bertz CT molecular complexity index is 353. The molecule has 4 nitrogen and oxygen atoms in total. The van der Waals surface area contributed by atoms with Crippen LogP contribution in [0.1, 0.15) is 12.2 Å². The quantitative estimate of drug-likeness (QED) is 0.524. The van der Waals surface area contributed by atoms with Gasteiger partial charge in [-0.1, -0.05) is 6.08 Å². The minimum Gasteiger partial charge on any atom is -0.290 e. The average molecular weight is 149 g/mol. The zero-order valence-corrected chi connectivity index (χ0v) is 5.90. The van der Waals surface area contributed by atoms with E-state index in [1.54, 1.807) is 4.57 Å². The topological polar surface area (TPSA) is 47.8 Å². The molecular formula is C7H7N3O. The lowest BCUT2D eigenvalue weighted by Crippen LogP contribution is -2.24. The first kappa shape index (κ1) is 6.27. The molecule has 0 N–H and O–H groups in total. The summed E-state index contributed by atoms with van der Waals surface area (Å²) in [5.74, 6) is 0.656. The van der Waals surface area contributed by atoms with Gasteiger partial charge in [0, 0.05) is 6.54 Å². The highest BCUT2D eigenvalue weighted by molar-refractivity contribution is 5.40. The van der Waals surface area contributed by atoms with Crippen LogP contribution in [0.2, 0.25) is 0 Å². The fourth-order valence-electron chi connectivity index (χ4n) is 1.11. The maximum absolute atomic E-state index is 11.1. The number of hydrogen-bond donors (Lipinski definition) is 0. The largest absolute Gasteiger partial charge is 0.290 e. The molecule has 0 fully saturated rings. The Morgan fingerprint density at radius 3 is 3.27 bits per heavy atom. The third-order valence-electron chi connectivity index (χ3n) is 1.66. The molecule has 2 heterocycles. The lowest BCUT2D eigenvalue weighted by atomic mass is 10.3. The summed E-state index contributed by atoms with van der Waals surface area (Å²) < 4.78 is 1.62. The van der Waals surface area contributed by atoms with Gasteiger partial charge in [-0.3, -0.25) is 9.36 Å². The number of nitrogens with zero attached hydrogens (tertiary/aromatic N) is 3. The van der Waals surface area contributed by atoms with Gasteiger partial charge < -0.3 is 0 Å². The smallest absolute Gasteiger partial charge is 0.272 e. The number of fused-ring (bicyclic) bond motifs is 1. The highest BCUT2D eigenvalue weighted by atomic mass is 16.1. The van der Waals surface area contributed by atoms with Gasteiger partial charge in [-0.15, -0.1) is 5.10 Å². The lowest BCUT2D eigenvalue weighted by Gasteiger charge is -2.09. The van der Waals surface area contributed by atoms with Gasteiger partial charge in [-0.2, -0.15) is 5.10 Å². The molecule has 2 rings (SSSR count). The minimum absolute atomic E-state index is 0.0700. The molecule has 0 atom stereocenters. The summed E-state index contributed by atoms with van der Waals surface area (Å²) >= 11 is 0. The van der Waals surface area contributed by atoms with Crippen LogP contribution in [0.5, 0.6) is 0 Å². The van der Waals surface area contributed by atoms with E-state index in [9.17, 15) is 4.79 Å². The SMILES string of the molecule is O=c1cnnc2n1CCC=C2. The molecule has 0 amide bonds. The maximum atomic E-state index is 11.1. The van der Waals surface area contributed by atoms with Crippen LogP contribution in [-0.2, 0) is 6.54 Å². The summed E-state index contributed by atoms with van der Waals surface area (Å²) in [5.41, 5.74) is -0.0700. The summed E-state index contributed by atoms with van der Waals surface area (Å²) in [7, 11) is 0. The van der Waals surface area contributed by atoms with Crippen molar-refractivity contribution in [3.05, 3.63) is 28.5 Å². The molecule has 1 aliphatic heterocycles. The molecule has 0 bridgehead atoms. The van der Waals surface area contributed by atoms with Crippen molar-refractivity contribution >= 4 is 6.08 Å². The predicted octanol–water partition coefficient (Wildman–Crippen LogP) is 0.0552. The molecule has 1 aliphatic rings. The van der Waals surface area contributed by atoms with E-state index in [0.29, 0.717) is 5.82 Å². The average Bonchev–Trinajstić information content (AvgIpc) is 2.06. The van der Waals surface area contributed by atoms with Crippen molar-refractivity contribution in [3.8, 4) is 0 Å². The minimum atomic E-state index is -0.0700. The fraction of sp³-hybridized carbons (Fsp3) is 0.286. The third kappa shape index (κ3) is 0.960. The second-order valence-electron chi connectivity index (χ2n) is 2.38. The van der Waals surface area contributed by atoms with E-state index in [-0.39, 0.29) is 5.56 Å². The normalized spacial score (nSPS) is 14.5. The van der Waals surface area contributed by atoms with Gasteiger partial charge in [0.05, 0.1) is 0 Å². The van der Waals surface area contributed by atoms with Gasteiger partial charge in [0.1, 0.15) is 6.20 Å². The number of aromatic nitrogens is 3. The monoisotopic (exact) mass is 149 g/mol. The Labute approximate surface area is 63.2 Å². The zero-order chi connectivity index (χ0) is 7.68. The van der Waals surface area contributed by atoms with E-state index >= 15 is 0 Å². The van der Waals surface area contributed by atoms with Crippen LogP contribution in [-0.4, -0.2) is 14.8 Å². The highest BCUT2D eigenvalue weighted by Gasteiger charge is 2.04. The molecule has 0 spiro atoms. The van der Waals surface area contributed by atoms with Crippen molar-refractivity contribution in [3.63, 3.8) is 0 Å². The van der Waals surface area contributed by atoms with Crippen LogP contribution in [0, 0.1) is 0 Å². The van der Waals surface area contributed by atoms with E-state index < -0.39 is 0 Å².